The van der Waals surface area contributed by atoms with Gasteiger partial charge in [0.1, 0.15) is 0 Å². The summed E-state index contributed by atoms with van der Waals surface area (Å²) in [4.78, 5) is 12.4. The Balaban J connectivity index is 2.66. The average Bonchev–Trinajstić information content (AvgIpc) is 2.43. The molecule has 2 N–H and O–H groups in total. The highest BCUT2D eigenvalue weighted by Gasteiger charge is 2.23. The maximum absolute atomic E-state index is 12.4. The minimum absolute atomic E-state index is 0.0716. The van der Waals surface area contributed by atoms with Gasteiger partial charge >= 0.3 is 0 Å². The smallest absolute Gasteiger partial charge is 0.227 e. The zero-order chi connectivity index (χ0) is 15.0. The van der Waals surface area contributed by atoms with Crippen LogP contribution in [0, 0.1) is 5.41 Å². The molecule has 112 valence electrons. The number of hydrogen-bond donors (Lipinski definition) is 2. The van der Waals surface area contributed by atoms with E-state index in [2.05, 4.69) is 26.1 Å². The second-order valence-corrected chi connectivity index (χ2v) is 6.11. The molecular formula is C17H27NO2. The highest BCUT2D eigenvalue weighted by atomic mass is 16.3. The molecule has 0 aromatic heterocycles. The van der Waals surface area contributed by atoms with Crippen molar-refractivity contribution in [3.63, 3.8) is 0 Å². The van der Waals surface area contributed by atoms with E-state index in [4.69, 9.17) is 5.11 Å². The zero-order valence-electron chi connectivity index (χ0n) is 12.9. The zero-order valence-corrected chi connectivity index (χ0v) is 12.9. The first-order chi connectivity index (χ1) is 9.50. The van der Waals surface area contributed by atoms with Gasteiger partial charge in [-0.15, -0.1) is 0 Å². The molecule has 0 fully saturated rings. The van der Waals surface area contributed by atoms with Crippen molar-refractivity contribution in [3.05, 3.63) is 35.9 Å². The monoisotopic (exact) mass is 277 g/mol. The predicted molar refractivity (Wildman–Crippen MR) is 82.6 cm³/mol. The quantitative estimate of drug-likeness (QED) is 0.767. The minimum Gasteiger partial charge on any atom is -0.396 e. The lowest BCUT2D eigenvalue weighted by Gasteiger charge is -2.25. The van der Waals surface area contributed by atoms with Crippen molar-refractivity contribution in [2.24, 2.45) is 5.41 Å². The fourth-order valence-corrected chi connectivity index (χ4v) is 2.26. The average molecular weight is 277 g/mol. The van der Waals surface area contributed by atoms with Gasteiger partial charge in [-0.2, -0.15) is 0 Å². The SMILES string of the molecule is CCCC(C(=O)NCC(C)(C)CCO)c1ccccc1. The first-order valence-electron chi connectivity index (χ1n) is 7.43. The minimum atomic E-state index is -0.0777. The summed E-state index contributed by atoms with van der Waals surface area (Å²) in [5, 5.41) is 12.1. The van der Waals surface area contributed by atoms with Crippen molar-refractivity contribution < 1.29 is 9.90 Å². The number of carbonyl (C=O) groups excluding carboxylic acids is 1. The van der Waals surface area contributed by atoms with E-state index >= 15 is 0 Å². The van der Waals surface area contributed by atoms with Crippen molar-refractivity contribution in [1.82, 2.24) is 5.32 Å². The van der Waals surface area contributed by atoms with E-state index in [1.807, 2.05) is 30.3 Å². The third-order valence-electron chi connectivity index (χ3n) is 3.63. The normalized spacial score (nSPS) is 13.0. The molecule has 0 spiro atoms. The Morgan fingerprint density at radius 3 is 2.50 bits per heavy atom. The molecule has 1 amide bonds. The molecule has 0 aliphatic heterocycles. The van der Waals surface area contributed by atoms with Crippen LogP contribution >= 0.6 is 0 Å². The number of nitrogens with one attached hydrogen (secondary N) is 1. The van der Waals surface area contributed by atoms with Crippen LogP contribution < -0.4 is 5.32 Å². The first-order valence-corrected chi connectivity index (χ1v) is 7.43. The molecular weight excluding hydrogens is 250 g/mol. The number of benzene rings is 1. The Hall–Kier alpha value is -1.35. The molecule has 1 unspecified atom stereocenters. The van der Waals surface area contributed by atoms with E-state index in [1.54, 1.807) is 0 Å². The summed E-state index contributed by atoms with van der Waals surface area (Å²) >= 11 is 0. The van der Waals surface area contributed by atoms with E-state index in [1.165, 1.54) is 0 Å². The molecule has 20 heavy (non-hydrogen) atoms. The first kappa shape index (κ1) is 16.7. The predicted octanol–water partition coefficient (Wildman–Crippen LogP) is 3.10. The molecule has 1 aromatic rings. The van der Waals surface area contributed by atoms with Crippen molar-refractivity contribution in [3.8, 4) is 0 Å². The van der Waals surface area contributed by atoms with Crippen LogP contribution in [0.5, 0.6) is 0 Å². The fraction of sp³-hybridized carbons (Fsp3) is 0.588. The van der Waals surface area contributed by atoms with Gasteiger partial charge in [-0.3, -0.25) is 4.79 Å². The Morgan fingerprint density at radius 2 is 1.95 bits per heavy atom. The molecule has 0 saturated carbocycles. The molecule has 1 rings (SSSR count). The van der Waals surface area contributed by atoms with Gasteiger partial charge in [0.05, 0.1) is 5.92 Å². The van der Waals surface area contributed by atoms with Crippen LogP contribution in [0.15, 0.2) is 30.3 Å². The Labute approximate surface area is 122 Å². The third-order valence-corrected chi connectivity index (χ3v) is 3.63. The van der Waals surface area contributed by atoms with Gasteiger partial charge < -0.3 is 10.4 Å². The molecule has 3 heteroatoms. The van der Waals surface area contributed by atoms with Crippen LogP contribution in [-0.4, -0.2) is 24.2 Å². The van der Waals surface area contributed by atoms with Crippen LogP contribution in [0.1, 0.15) is 51.5 Å². The van der Waals surface area contributed by atoms with Crippen molar-refractivity contribution >= 4 is 5.91 Å². The maximum Gasteiger partial charge on any atom is 0.227 e. The fourth-order valence-electron chi connectivity index (χ4n) is 2.26. The topological polar surface area (TPSA) is 49.3 Å². The molecule has 1 aromatic carbocycles. The summed E-state index contributed by atoms with van der Waals surface area (Å²) in [7, 11) is 0. The second-order valence-electron chi connectivity index (χ2n) is 6.11. The van der Waals surface area contributed by atoms with Crippen molar-refractivity contribution in [2.45, 2.75) is 46.0 Å². The van der Waals surface area contributed by atoms with Gasteiger partial charge in [0.25, 0.3) is 0 Å². The van der Waals surface area contributed by atoms with E-state index in [0.717, 1.165) is 18.4 Å². The van der Waals surface area contributed by atoms with Gasteiger partial charge in [-0.25, -0.2) is 0 Å². The molecule has 0 radical (unpaired) electrons. The highest BCUT2D eigenvalue weighted by Crippen LogP contribution is 2.23. The maximum atomic E-state index is 12.4. The Bertz CT molecular complexity index is 401. The van der Waals surface area contributed by atoms with Crippen LogP contribution in [0.3, 0.4) is 0 Å². The summed E-state index contributed by atoms with van der Waals surface area (Å²) in [6.07, 6.45) is 2.53. The molecule has 0 aliphatic rings. The number of amides is 1. The summed E-state index contributed by atoms with van der Waals surface area (Å²) in [6, 6.07) is 9.94. The lowest BCUT2D eigenvalue weighted by molar-refractivity contribution is -0.123. The van der Waals surface area contributed by atoms with Gasteiger partial charge in [0.15, 0.2) is 0 Å². The highest BCUT2D eigenvalue weighted by molar-refractivity contribution is 5.83. The summed E-state index contributed by atoms with van der Waals surface area (Å²) in [5.41, 5.74) is 1.00. The second kappa shape index (κ2) is 8.05. The molecule has 0 bridgehead atoms. The summed E-state index contributed by atoms with van der Waals surface area (Å²) < 4.78 is 0. The third kappa shape index (κ3) is 5.33. The molecule has 0 saturated heterocycles. The lowest BCUT2D eigenvalue weighted by Crippen LogP contribution is -2.37. The van der Waals surface area contributed by atoms with Gasteiger partial charge in [0.2, 0.25) is 5.91 Å². The number of carbonyl (C=O) groups is 1. The van der Waals surface area contributed by atoms with Gasteiger partial charge in [-0.1, -0.05) is 57.5 Å². The number of rotatable bonds is 8. The number of hydrogen-bond acceptors (Lipinski definition) is 2. The van der Waals surface area contributed by atoms with E-state index in [-0.39, 0.29) is 23.8 Å². The van der Waals surface area contributed by atoms with Crippen LogP contribution in [0.2, 0.25) is 0 Å². The van der Waals surface area contributed by atoms with Gasteiger partial charge in [-0.05, 0) is 23.8 Å². The van der Waals surface area contributed by atoms with Crippen LogP contribution in [0.4, 0.5) is 0 Å². The van der Waals surface area contributed by atoms with E-state index in [0.29, 0.717) is 13.0 Å². The molecule has 3 nitrogen and oxygen atoms in total. The molecule has 1 atom stereocenters. The Kier molecular flexibility index (Phi) is 6.73. The van der Waals surface area contributed by atoms with Crippen molar-refractivity contribution in [2.75, 3.05) is 13.2 Å². The molecule has 0 heterocycles. The lowest BCUT2D eigenvalue weighted by atomic mass is 9.88. The van der Waals surface area contributed by atoms with Crippen molar-refractivity contribution in [1.29, 1.82) is 0 Å². The van der Waals surface area contributed by atoms with Crippen LogP contribution in [0.25, 0.3) is 0 Å². The number of aliphatic hydroxyl groups excluding tert-OH is 1. The van der Waals surface area contributed by atoms with E-state index in [9.17, 15) is 4.79 Å². The largest absolute Gasteiger partial charge is 0.396 e. The summed E-state index contributed by atoms with van der Waals surface area (Å²) in [6.45, 7) is 6.96. The van der Waals surface area contributed by atoms with E-state index < -0.39 is 0 Å². The van der Waals surface area contributed by atoms with Gasteiger partial charge in [0, 0.05) is 13.2 Å². The number of aliphatic hydroxyl groups is 1. The Morgan fingerprint density at radius 1 is 1.30 bits per heavy atom. The summed E-state index contributed by atoms with van der Waals surface area (Å²) in [5.74, 6) is 0.00944. The standard InChI is InChI=1S/C17H27NO2/c1-4-8-15(14-9-6-5-7-10-14)16(20)18-13-17(2,3)11-12-19/h5-7,9-10,15,19H,4,8,11-13H2,1-3H3,(H,18,20). The van der Waals surface area contributed by atoms with Crippen LogP contribution in [-0.2, 0) is 4.79 Å². The molecule has 0 aliphatic carbocycles.